The Morgan fingerprint density at radius 2 is 2.00 bits per heavy atom. The number of hydrogen-bond donors (Lipinski definition) is 3. The number of amides is 3. The zero-order valence-electron chi connectivity index (χ0n) is 23.8. The minimum atomic E-state index is -0.960. The van der Waals surface area contributed by atoms with Crippen LogP contribution in [0.4, 0.5) is 4.39 Å². The predicted molar refractivity (Wildman–Crippen MR) is 151 cm³/mol. The normalized spacial score (nSPS) is 23.4. The van der Waals surface area contributed by atoms with Gasteiger partial charge in [-0.2, -0.15) is 5.26 Å². The van der Waals surface area contributed by atoms with Crippen molar-refractivity contribution in [1.29, 1.82) is 5.26 Å². The average molecular weight is 584 g/mol. The number of carbonyl (C=O) groups is 3. The molecule has 3 N–H and O–H groups in total. The van der Waals surface area contributed by atoms with E-state index in [0.29, 0.717) is 29.8 Å². The van der Waals surface area contributed by atoms with Crippen LogP contribution >= 0.6 is 11.6 Å². The molecular formula is C30H35ClFN5O4. The van der Waals surface area contributed by atoms with E-state index < -0.39 is 35.2 Å². The first-order valence-electron chi connectivity index (χ1n) is 13.6. The van der Waals surface area contributed by atoms with E-state index in [0.717, 1.165) is 11.6 Å². The Morgan fingerprint density at radius 1 is 1.27 bits per heavy atom. The first-order valence-corrected chi connectivity index (χ1v) is 14.0. The molecule has 3 amide bonds. The van der Waals surface area contributed by atoms with Gasteiger partial charge < -0.3 is 15.0 Å². The number of halogens is 2. The molecule has 11 heteroatoms. The fourth-order valence-corrected chi connectivity index (χ4v) is 5.72. The highest BCUT2D eigenvalue weighted by atomic mass is 35.5. The molecule has 4 rings (SSSR count). The molecule has 2 aromatic carbocycles. The van der Waals surface area contributed by atoms with E-state index in [1.807, 2.05) is 19.1 Å². The molecular weight excluding hydrogens is 549 g/mol. The number of nitriles is 1. The lowest BCUT2D eigenvalue weighted by Crippen LogP contribution is -2.56. The summed E-state index contributed by atoms with van der Waals surface area (Å²) in [5.74, 6) is -2.29. The lowest BCUT2D eigenvalue weighted by atomic mass is 9.84. The summed E-state index contributed by atoms with van der Waals surface area (Å²) in [6, 6.07) is 10.4. The number of nitrogens with one attached hydrogen (secondary N) is 3. The van der Waals surface area contributed by atoms with Gasteiger partial charge in [0.2, 0.25) is 5.91 Å². The second kappa shape index (κ2) is 12.0. The first-order chi connectivity index (χ1) is 19.3. The molecule has 0 aliphatic carbocycles. The van der Waals surface area contributed by atoms with Crippen molar-refractivity contribution in [2.24, 2.45) is 5.41 Å². The number of hydrazine groups is 1. The highest BCUT2D eigenvalue weighted by molar-refractivity contribution is 6.30. The smallest absolute Gasteiger partial charge is 0.275 e. The number of carbonyl (C=O) groups excluding carboxylic acids is 3. The first kappa shape index (κ1) is 30.3. The third-order valence-electron chi connectivity index (χ3n) is 7.77. The molecule has 0 spiro atoms. The van der Waals surface area contributed by atoms with Crippen LogP contribution < -0.4 is 20.9 Å². The van der Waals surface area contributed by atoms with Crippen molar-refractivity contribution in [3.63, 3.8) is 0 Å². The Morgan fingerprint density at radius 3 is 2.66 bits per heavy atom. The summed E-state index contributed by atoms with van der Waals surface area (Å²) in [7, 11) is 0. The molecule has 0 aromatic heterocycles. The molecule has 0 bridgehead atoms. The summed E-state index contributed by atoms with van der Waals surface area (Å²) in [6.07, 6.45) is 0.727. The molecule has 0 saturated carbocycles. The average Bonchev–Trinajstić information content (AvgIpc) is 3.38. The lowest BCUT2D eigenvalue weighted by Gasteiger charge is -2.38. The van der Waals surface area contributed by atoms with Crippen molar-refractivity contribution in [2.75, 3.05) is 0 Å². The maximum atomic E-state index is 15.1. The van der Waals surface area contributed by atoms with Gasteiger partial charge in [0.1, 0.15) is 6.04 Å². The number of rotatable bonds is 7. The highest BCUT2D eigenvalue weighted by Crippen LogP contribution is 2.43. The van der Waals surface area contributed by atoms with Crippen LogP contribution in [-0.2, 0) is 9.59 Å². The topological polar surface area (TPSA) is 124 Å². The van der Waals surface area contributed by atoms with E-state index in [1.54, 1.807) is 44.7 Å². The minimum absolute atomic E-state index is 0.0110. The maximum absolute atomic E-state index is 15.1. The van der Waals surface area contributed by atoms with E-state index in [4.69, 9.17) is 16.3 Å². The van der Waals surface area contributed by atoms with Crippen LogP contribution in [0.3, 0.4) is 0 Å². The number of nitrogens with zero attached hydrogens (tertiary/aromatic N) is 2. The molecule has 218 valence electrons. The van der Waals surface area contributed by atoms with Gasteiger partial charge in [-0.3, -0.25) is 19.8 Å². The number of benzene rings is 2. The van der Waals surface area contributed by atoms with E-state index in [1.165, 1.54) is 6.07 Å². The van der Waals surface area contributed by atoms with Crippen molar-refractivity contribution in [3.05, 3.63) is 63.9 Å². The fraction of sp³-hybridized carbons (Fsp3) is 0.467. The van der Waals surface area contributed by atoms with E-state index >= 15 is 4.39 Å². The standard InChI is InChI=1S/C30H35ClFN5O4/c1-16-11-20(14-22(32)26(16)41-24-12-17(2)35-36-28(24)39)27(38)34-18(3)29(40)37-23(19-7-6-8-21(31)13-19)9-10-25(37)30(4,5)15-33/h6-8,11,13-14,17-18,23-25,35H,9-10,12H2,1-5H3,(H,34,38)(H,36,39)/t17?,18-,23+,24?,25-/m1/s1. The van der Waals surface area contributed by atoms with Gasteiger partial charge in [0, 0.05) is 23.0 Å². The van der Waals surface area contributed by atoms with Crippen molar-refractivity contribution in [3.8, 4) is 11.8 Å². The van der Waals surface area contributed by atoms with Crippen LogP contribution in [0, 0.1) is 29.5 Å². The van der Waals surface area contributed by atoms with E-state index in [2.05, 4.69) is 22.2 Å². The Labute approximate surface area is 244 Å². The zero-order chi connectivity index (χ0) is 30.1. The molecule has 41 heavy (non-hydrogen) atoms. The van der Waals surface area contributed by atoms with E-state index in [9.17, 15) is 19.6 Å². The van der Waals surface area contributed by atoms with Crippen LogP contribution in [0.25, 0.3) is 0 Å². The summed E-state index contributed by atoms with van der Waals surface area (Å²) in [4.78, 5) is 40.8. The van der Waals surface area contributed by atoms with Gasteiger partial charge in [-0.25, -0.2) is 9.82 Å². The zero-order valence-corrected chi connectivity index (χ0v) is 24.5. The largest absolute Gasteiger partial charge is 0.477 e. The van der Waals surface area contributed by atoms with Crippen molar-refractivity contribution >= 4 is 29.3 Å². The number of ether oxygens (including phenoxy) is 1. The summed E-state index contributed by atoms with van der Waals surface area (Å²) in [5.41, 5.74) is 5.67. The fourth-order valence-electron chi connectivity index (χ4n) is 5.52. The van der Waals surface area contributed by atoms with Gasteiger partial charge in [0.05, 0.1) is 23.6 Å². The molecule has 2 aromatic rings. The predicted octanol–water partition coefficient (Wildman–Crippen LogP) is 4.35. The third kappa shape index (κ3) is 6.47. The SMILES string of the molecule is Cc1cc(C(=O)N[C@H](C)C(=O)N2[C@H](c3cccc(Cl)c3)CC[C@@H]2C(C)(C)C#N)cc(F)c1OC1CC(C)NNC1=O. The number of hydrogen-bond acceptors (Lipinski definition) is 6. The molecule has 2 aliphatic rings. The maximum Gasteiger partial charge on any atom is 0.275 e. The van der Waals surface area contributed by atoms with Crippen LogP contribution in [-0.4, -0.2) is 46.9 Å². The van der Waals surface area contributed by atoms with E-state index in [-0.39, 0.29) is 35.3 Å². The van der Waals surface area contributed by atoms with Crippen LogP contribution in [0.5, 0.6) is 5.75 Å². The molecule has 5 atom stereocenters. The third-order valence-corrected chi connectivity index (χ3v) is 8.00. The second-order valence-electron chi connectivity index (χ2n) is 11.4. The molecule has 2 aliphatic heterocycles. The Hall–Kier alpha value is -3.68. The molecule has 9 nitrogen and oxygen atoms in total. The summed E-state index contributed by atoms with van der Waals surface area (Å²) < 4.78 is 20.8. The van der Waals surface area contributed by atoms with Gasteiger partial charge in [-0.05, 0) is 82.9 Å². The van der Waals surface area contributed by atoms with Gasteiger partial charge in [-0.1, -0.05) is 23.7 Å². The van der Waals surface area contributed by atoms with Crippen molar-refractivity contribution in [1.82, 2.24) is 21.1 Å². The van der Waals surface area contributed by atoms with Crippen molar-refractivity contribution in [2.45, 2.75) is 84.2 Å². The Bertz CT molecular complexity index is 1370. The van der Waals surface area contributed by atoms with Crippen LogP contribution in [0.2, 0.25) is 5.02 Å². The van der Waals surface area contributed by atoms with Gasteiger partial charge in [0.15, 0.2) is 17.7 Å². The molecule has 0 radical (unpaired) electrons. The molecule has 2 unspecified atom stereocenters. The summed E-state index contributed by atoms with van der Waals surface area (Å²) in [6.45, 7) is 8.61. The highest BCUT2D eigenvalue weighted by Gasteiger charge is 2.46. The van der Waals surface area contributed by atoms with Crippen molar-refractivity contribution < 1.29 is 23.5 Å². The molecule has 2 saturated heterocycles. The van der Waals surface area contributed by atoms with Crippen LogP contribution in [0.1, 0.15) is 74.5 Å². The lowest BCUT2D eigenvalue weighted by molar-refractivity contribution is -0.137. The monoisotopic (exact) mass is 583 g/mol. The quantitative estimate of drug-likeness (QED) is 0.445. The van der Waals surface area contributed by atoms with Gasteiger partial charge in [0.25, 0.3) is 11.8 Å². The Balaban J connectivity index is 1.53. The minimum Gasteiger partial charge on any atom is -0.477 e. The summed E-state index contributed by atoms with van der Waals surface area (Å²) in [5, 5.41) is 13.1. The van der Waals surface area contributed by atoms with Crippen LogP contribution in [0.15, 0.2) is 36.4 Å². The van der Waals surface area contributed by atoms with Gasteiger partial charge in [-0.15, -0.1) is 0 Å². The summed E-state index contributed by atoms with van der Waals surface area (Å²) >= 11 is 6.23. The van der Waals surface area contributed by atoms with Gasteiger partial charge >= 0.3 is 0 Å². The Kier molecular flexibility index (Phi) is 8.90. The number of likely N-dealkylation sites (tertiary alicyclic amines) is 1. The molecule has 2 fully saturated rings. The second-order valence-corrected chi connectivity index (χ2v) is 11.9. The molecule has 2 heterocycles. The number of aryl methyl sites for hydroxylation is 1.